The Hall–Kier alpha value is -1.57. The monoisotopic (exact) mass is 407 g/mol. The zero-order valence-corrected chi connectivity index (χ0v) is 17.7. The van der Waals surface area contributed by atoms with E-state index in [0.717, 1.165) is 38.0 Å². The summed E-state index contributed by atoms with van der Waals surface area (Å²) in [5.74, 6) is 0.0813. The van der Waals surface area contributed by atoms with Crippen LogP contribution in [0.25, 0.3) is 0 Å². The van der Waals surface area contributed by atoms with Gasteiger partial charge in [-0.15, -0.1) is 11.3 Å². The zero-order chi connectivity index (χ0) is 19.3. The van der Waals surface area contributed by atoms with E-state index in [9.17, 15) is 8.42 Å². The smallest absolute Gasteiger partial charge is 0.232 e. The van der Waals surface area contributed by atoms with E-state index in [4.69, 9.17) is 0 Å². The van der Waals surface area contributed by atoms with Crippen LogP contribution in [0.15, 0.2) is 41.8 Å². The average Bonchev–Trinajstić information content (AvgIpc) is 3.15. The molecule has 1 aromatic carbocycles. The van der Waals surface area contributed by atoms with Crippen LogP contribution in [0.2, 0.25) is 0 Å². The predicted octanol–water partition coefficient (Wildman–Crippen LogP) is 3.70. The fourth-order valence-electron chi connectivity index (χ4n) is 3.51. The molecule has 7 heteroatoms. The molecule has 27 heavy (non-hydrogen) atoms. The van der Waals surface area contributed by atoms with Crippen LogP contribution >= 0.6 is 11.3 Å². The van der Waals surface area contributed by atoms with Gasteiger partial charge in [-0.2, -0.15) is 0 Å². The summed E-state index contributed by atoms with van der Waals surface area (Å²) in [5, 5.41) is 5.90. The zero-order valence-electron chi connectivity index (χ0n) is 16.0. The van der Waals surface area contributed by atoms with Crippen molar-refractivity contribution in [2.75, 3.05) is 28.5 Å². The van der Waals surface area contributed by atoms with Gasteiger partial charge >= 0.3 is 0 Å². The first-order valence-electron chi connectivity index (χ1n) is 9.59. The van der Waals surface area contributed by atoms with E-state index in [1.54, 1.807) is 13.0 Å². The van der Waals surface area contributed by atoms with Gasteiger partial charge in [0.15, 0.2) is 0 Å². The summed E-state index contributed by atoms with van der Waals surface area (Å²) in [5.41, 5.74) is 1.72. The van der Waals surface area contributed by atoms with Crippen molar-refractivity contribution in [2.45, 2.75) is 45.2 Å². The van der Waals surface area contributed by atoms with E-state index < -0.39 is 10.0 Å². The molecule has 1 aromatic heterocycles. The molecule has 1 aliphatic rings. The Labute approximate surface area is 166 Å². The third-order valence-electron chi connectivity index (χ3n) is 4.97. The van der Waals surface area contributed by atoms with Crippen LogP contribution in [-0.2, 0) is 16.4 Å². The molecule has 2 aromatic rings. The number of anilines is 2. The van der Waals surface area contributed by atoms with Gasteiger partial charge in [0.05, 0.1) is 11.4 Å². The number of thiophene rings is 1. The molecule has 148 valence electrons. The molecule has 0 saturated carbocycles. The third-order valence-corrected chi connectivity index (χ3v) is 7.17. The van der Waals surface area contributed by atoms with Crippen LogP contribution in [0.1, 0.15) is 31.6 Å². The van der Waals surface area contributed by atoms with E-state index in [1.807, 2.05) is 23.5 Å². The molecule has 0 amide bonds. The largest absolute Gasteiger partial charge is 0.371 e. The molecule has 0 aliphatic carbocycles. The SMILES string of the molecule is CCS(=O)(=O)Nc1cccc(N2CCC(NC(C)Cc3cccs3)CC2)c1. The summed E-state index contributed by atoms with van der Waals surface area (Å²) in [6.07, 6.45) is 3.27. The van der Waals surface area contributed by atoms with E-state index in [0.29, 0.717) is 17.8 Å². The Bertz CT molecular complexity index is 814. The molecule has 1 aliphatic heterocycles. The van der Waals surface area contributed by atoms with Gasteiger partial charge in [0.2, 0.25) is 10.0 Å². The molecule has 1 unspecified atom stereocenters. The van der Waals surface area contributed by atoms with Crippen LogP contribution in [0.5, 0.6) is 0 Å². The lowest BCUT2D eigenvalue weighted by atomic mass is 10.0. The molecule has 3 rings (SSSR count). The molecule has 1 fully saturated rings. The lowest BCUT2D eigenvalue weighted by molar-refractivity contribution is 0.376. The fraction of sp³-hybridized carbons (Fsp3) is 0.500. The van der Waals surface area contributed by atoms with Gasteiger partial charge in [-0.25, -0.2) is 8.42 Å². The van der Waals surface area contributed by atoms with Gasteiger partial charge in [-0.3, -0.25) is 4.72 Å². The lowest BCUT2D eigenvalue weighted by Gasteiger charge is -2.35. The first kappa shape index (κ1) is 20.2. The molecule has 5 nitrogen and oxygen atoms in total. The summed E-state index contributed by atoms with van der Waals surface area (Å²) < 4.78 is 26.2. The number of nitrogens with zero attached hydrogens (tertiary/aromatic N) is 1. The topological polar surface area (TPSA) is 61.4 Å². The number of hydrogen-bond acceptors (Lipinski definition) is 5. The van der Waals surface area contributed by atoms with Gasteiger partial charge in [-0.1, -0.05) is 12.1 Å². The van der Waals surface area contributed by atoms with Crippen LogP contribution in [0, 0.1) is 0 Å². The van der Waals surface area contributed by atoms with Crippen LogP contribution in [0.4, 0.5) is 11.4 Å². The Morgan fingerprint density at radius 3 is 2.67 bits per heavy atom. The predicted molar refractivity (Wildman–Crippen MR) is 115 cm³/mol. The van der Waals surface area contributed by atoms with Crippen molar-refractivity contribution in [3.63, 3.8) is 0 Å². The van der Waals surface area contributed by atoms with Crippen molar-refractivity contribution in [3.8, 4) is 0 Å². The van der Waals surface area contributed by atoms with Crippen molar-refractivity contribution in [3.05, 3.63) is 46.7 Å². The number of sulfonamides is 1. The minimum absolute atomic E-state index is 0.0813. The van der Waals surface area contributed by atoms with Crippen LogP contribution < -0.4 is 14.9 Å². The lowest BCUT2D eigenvalue weighted by Crippen LogP contribution is -2.46. The third kappa shape index (κ3) is 5.96. The van der Waals surface area contributed by atoms with E-state index in [2.05, 4.69) is 45.4 Å². The first-order valence-corrected chi connectivity index (χ1v) is 12.1. The maximum atomic E-state index is 11.8. The molecule has 0 radical (unpaired) electrons. The first-order chi connectivity index (χ1) is 12.9. The number of piperidine rings is 1. The second-order valence-electron chi connectivity index (χ2n) is 7.17. The van der Waals surface area contributed by atoms with Crippen molar-refractivity contribution < 1.29 is 8.42 Å². The Kier molecular flexibility index (Phi) is 6.78. The summed E-state index contributed by atoms with van der Waals surface area (Å²) in [7, 11) is -3.24. The van der Waals surface area contributed by atoms with Crippen molar-refractivity contribution in [1.82, 2.24) is 5.32 Å². The Balaban J connectivity index is 1.51. The highest BCUT2D eigenvalue weighted by molar-refractivity contribution is 7.92. The Morgan fingerprint density at radius 1 is 1.22 bits per heavy atom. The van der Waals surface area contributed by atoms with Crippen LogP contribution in [0.3, 0.4) is 0 Å². The van der Waals surface area contributed by atoms with Crippen molar-refractivity contribution in [1.29, 1.82) is 0 Å². The van der Waals surface area contributed by atoms with Crippen molar-refractivity contribution >= 4 is 32.7 Å². The standard InChI is InChI=1S/C20H29N3O2S2/c1-3-27(24,25)22-18-6-4-7-19(15-18)23-11-9-17(10-12-23)21-16(2)14-20-8-5-13-26-20/h4-8,13,15-17,21-22H,3,9-12,14H2,1-2H3. The van der Waals surface area contributed by atoms with E-state index >= 15 is 0 Å². The highest BCUT2D eigenvalue weighted by Crippen LogP contribution is 2.24. The minimum atomic E-state index is -3.24. The molecule has 1 saturated heterocycles. The quantitative estimate of drug-likeness (QED) is 0.700. The molecule has 0 spiro atoms. The molecule has 2 N–H and O–H groups in total. The molecule has 0 bridgehead atoms. The second kappa shape index (κ2) is 9.08. The summed E-state index contributed by atoms with van der Waals surface area (Å²) in [6, 6.07) is 13.0. The highest BCUT2D eigenvalue weighted by atomic mass is 32.2. The Morgan fingerprint density at radius 2 is 2.00 bits per heavy atom. The summed E-state index contributed by atoms with van der Waals surface area (Å²) in [6.45, 7) is 5.86. The number of nitrogens with one attached hydrogen (secondary N) is 2. The summed E-state index contributed by atoms with van der Waals surface area (Å²) >= 11 is 1.82. The van der Waals surface area contributed by atoms with Gasteiger partial charge in [-0.05, 0) is 62.8 Å². The van der Waals surface area contributed by atoms with E-state index in [-0.39, 0.29) is 5.75 Å². The molecule has 2 heterocycles. The molecular weight excluding hydrogens is 378 g/mol. The highest BCUT2D eigenvalue weighted by Gasteiger charge is 2.21. The van der Waals surface area contributed by atoms with Gasteiger partial charge in [0.1, 0.15) is 0 Å². The average molecular weight is 408 g/mol. The fourth-order valence-corrected chi connectivity index (χ4v) is 4.98. The molecular formula is C20H29N3O2S2. The van der Waals surface area contributed by atoms with Crippen LogP contribution in [-0.4, -0.2) is 39.3 Å². The maximum Gasteiger partial charge on any atom is 0.232 e. The number of rotatable bonds is 8. The van der Waals surface area contributed by atoms with E-state index in [1.165, 1.54) is 4.88 Å². The number of hydrogen-bond donors (Lipinski definition) is 2. The van der Waals surface area contributed by atoms with Gasteiger partial charge in [0, 0.05) is 35.7 Å². The van der Waals surface area contributed by atoms with Gasteiger partial charge < -0.3 is 10.2 Å². The second-order valence-corrected chi connectivity index (χ2v) is 10.2. The van der Waals surface area contributed by atoms with Gasteiger partial charge in [0.25, 0.3) is 0 Å². The molecule has 1 atom stereocenters. The number of benzene rings is 1. The summed E-state index contributed by atoms with van der Waals surface area (Å²) in [4.78, 5) is 3.77. The van der Waals surface area contributed by atoms with Crippen molar-refractivity contribution in [2.24, 2.45) is 0 Å². The maximum absolute atomic E-state index is 11.8. The normalized spacial score (nSPS) is 17.0. The minimum Gasteiger partial charge on any atom is -0.371 e.